The highest BCUT2D eigenvalue weighted by Gasteiger charge is 2.18. The number of para-hydroxylation sites is 2. The molecule has 2 aromatic heterocycles. The van der Waals surface area contributed by atoms with Gasteiger partial charge in [-0.05, 0) is 12.1 Å². The maximum absolute atomic E-state index is 12.6. The zero-order chi connectivity index (χ0) is 16.7. The van der Waals surface area contributed by atoms with E-state index in [0.717, 1.165) is 33.1 Å². The number of alkyl halides is 2. The first kappa shape index (κ1) is 14.8. The highest BCUT2D eigenvalue weighted by atomic mass is 32.1. The molecule has 120 valence electrons. The van der Waals surface area contributed by atoms with Crippen LogP contribution in [0.1, 0.15) is 21.9 Å². The van der Waals surface area contributed by atoms with Gasteiger partial charge in [0.15, 0.2) is 5.01 Å². The third-order valence-corrected chi connectivity index (χ3v) is 4.59. The SMILES string of the molecule is O=C(Nn1c2ccccc2c2ccccc21)c1csc(C(F)F)n1. The molecule has 1 N–H and O–H groups in total. The van der Waals surface area contributed by atoms with Crippen LogP contribution in [0.25, 0.3) is 21.8 Å². The monoisotopic (exact) mass is 343 g/mol. The second kappa shape index (κ2) is 5.68. The summed E-state index contributed by atoms with van der Waals surface area (Å²) in [4.78, 5) is 16.1. The van der Waals surface area contributed by atoms with Crippen LogP contribution in [0.15, 0.2) is 53.9 Å². The molecule has 24 heavy (non-hydrogen) atoms. The number of rotatable bonds is 3. The van der Waals surface area contributed by atoms with Crippen molar-refractivity contribution in [2.24, 2.45) is 0 Å². The molecule has 0 spiro atoms. The molecule has 2 heterocycles. The van der Waals surface area contributed by atoms with Crippen molar-refractivity contribution >= 4 is 39.0 Å². The van der Waals surface area contributed by atoms with E-state index < -0.39 is 12.3 Å². The molecule has 4 aromatic rings. The quantitative estimate of drug-likeness (QED) is 0.592. The third kappa shape index (κ3) is 2.33. The lowest BCUT2D eigenvalue weighted by Crippen LogP contribution is -2.22. The molecule has 0 fully saturated rings. The maximum atomic E-state index is 12.6. The number of benzene rings is 2. The van der Waals surface area contributed by atoms with E-state index in [1.165, 1.54) is 5.38 Å². The Labute approximate surface area is 139 Å². The van der Waals surface area contributed by atoms with Gasteiger partial charge in [0.05, 0.1) is 11.0 Å². The second-order valence-electron chi connectivity index (χ2n) is 5.18. The number of fused-ring (bicyclic) bond motifs is 3. The molecule has 0 aliphatic rings. The van der Waals surface area contributed by atoms with Crippen LogP contribution in [-0.4, -0.2) is 15.6 Å². The van der Waals surface area contributed by atoms with Gasteiger partial charge in [-0.25, -0.2) is 13.8 Å². The van der Waals surface area contributed by atoms with Crippen LogP contribution in [0.2, 0.25) is 0 Å². The fraction of sp³-hybridized carbons (Fsp3) is 0.0588. The highest BCUT2D eigenvalue weighted by Crippen LogP contribution is 2.28. The summed E-state index contributed by atoms with van der Waals surface area (Å²) < 4.78 is 27.0. The lowest BCUT2D eigenvalue weighted by Gasteiger charge is -2.08. The van der Waals surface area contributed by atoms with Gasteiger partial charge in [-0.3, -0.25) is 14.9 Å². The van der Waals surface area contributed by atoms with E-state index in [1.54, 1.807) is 4.68 Å². The molecule has 0 saturated carbocycles. The zero-order valence-corrected chi connectivity index (χ0v) is 13.1. The van der Waals surface area contributed by atoms with Crippen LogP contribution in [-0.2, 0) is 0 Å². The molecule has 0 unspecified atom stereocenters. The van der Waals surface area contributed by atoms with Crippen LogP contribution in [0.3, 0.4) is 0 Å². The van der Waals surface area contributed by atoms with Crippen molar-refractivity contribution in [1.82, 2.24) is 9.66 Å². The first-order valence-corrected chi connectivity index (χ1v) is 8.06. The Morgan fingerprint density at radius 3 is 2.17 bits per heavy atom. The molecule has 0 radical (unpaired) electrons. The normalized spacial score (nSPS) is 11.5. The smallest absolute Gasteiger partial charge is 0.266 e. The topological polar surface area (TPSA) is 46.9 Å². The van der Waals surface area contributed by atoms with E-state index in [2.05, 4.69) is 10.4 Å². The van der Waals surface area contributed by atoms with Crippen LogP contribution in [0.4, 0.5) is 8.78 Å². The lowest BCUT2D eigenvalue weighted by molar-refractivity contribution is 0.100. The molecule has 7 heteroatoms. The Morgan fingerprint density at radius 1 is 1.04 bits per heavy atom. The number of hydrogen-bond acceptors (Lipinski definition) is 3. The van der Waals surface area contributed by atoms with Gasteiger partial charge in [-0.15, -0.1) is 11.3 Å². The highest BCUT2D eigenvalue weighted by molar-refractivity contribution is 7.09. The molecule has 0 bridgehead atoms. The Balaban J connectivity index is 1.79. The second-order valence-corrected chi connectivity index (χ2v) is 6.07. The molecular formula is C17H11F2N3OS. The number of nitrogens with one attached hydrogen (secondary N) is 1. The molecule has 0 aliphatic heterocycles. The van der Waals surface area contributed by atoms with Crippen LogP contribution >= 0.6 is 11.3 Å². The standard InChI is InChI=1S/C17H11F2N3OS/c18-15(19)17-20-12(9-24-17)16(23)21-22-13-7-3-1-5-10(13)11-6-2-4-8-14(11)22/h1-9,15H,(H,21,23). The van der Waals surface area contributed by atoms with Crippen LogP contribution in [0, 0.1) is 0 Å². The van der Waals surface area contributed by atoms with Gasteiger partial charge in [0, 0.05) is 16.2 Å². The minimum Gasteiger partial charge on any atom is -0.266 e. The van der Waals surface area contributed by atoms with E-state index >= 15 is 0 Å². The van der Waals surface area contributed by atoms with E-state index in [0.29, 0.717) is 0 Å². The summed E-state index contributed by atoms with van der Waals surface area (Å²) in [7, 11) is 0. The average molecular weight is 343 g/mol. The van der Waals surface area contributed by atoms with Gasteiger partial charge in [0.2, 0.25) is 0 Å². The zero-order valence-electron chi connectivity index (χ0n) is 12.2. The summed E-state index contributed by atoms with van der Waals surface area (Å²) in [6.07, 6.45) is -2.68. The number of halogens is 2. The first-order valence-electron chi connectivity index (χ1n) is 7.18. The Morgan fingerprint density at radius 2 is 1.62 bits per heavy atom. The van der Waals surface area contributed by atoms with Crippen molar-refractivity contribution in [2.45, 2.75) is 6.43 Å². The molecule has 0 aliphatic carbocycles. The maximum Gasteiger partial charge on any atom is 0.289 e. The van der Waals surface area contributed by atoms with Gasteiger partial charge < -0.3 is 0 Å². The third-order valence-electron chi connectivity index (χ3n) is 3.73. The molecule has 0 atom stereocenters. The predicted molar refractivity (Wildman–Crippen MR) is 90.2 cm³/mol. The van der Waals surface area contributed by atoms with Gasteiger partial charge in [-0.1, -0.05) is 36.4 Å². The van der Waals surface area contributed by atoms with Crippen molar-refractivity contribution in [3.05, 3.63) is 64.6 Å². The largest absolute Gasteiger partial charge is 0.289 e. The molecule has 1 amide bonds. The van der Waals surface area contributed by atoms with Gasteiger partial charge in [0.1, 0.15) is 5.69 Å². The molecule has 0 saturated heterocycles. The molecule has 4 rings (SSSR count). The van der Waals surface area contributed by atoms with Gasteiger partial charge in [-0.2, -0.15) is 0 Å². The Kier molecular flexibility index (Phi) is 3.50. The average Bonchev–Trinajstić information content (AvgIpc) is 3.20. The van der Waals surface area contributed by atoms with E-state index in [9.17, 15) is 13.6 Å². The number of hydrogen-bond donors (Lipinski definition) is 1. The van der Waals surface area contributed by atoms with E-state index in [4.69, 9.17) is 0 Å². The predicted octanol–water partition coefficient (Wildman–Crippen LogP) is 4.57. The van der Waals surface area contributed by atoms with Gasteiger partial charge >= 0.3 is 0 Å². The van der Waals surface area contributed by atoms with Crippen LogP contribution in [0.5, 0.6) is 0 Å². The fourth-order valence-electron chi connectivity index (χ4n) is 2.69. The number of carbonyl (C=O) groups is 1. The van der Waals surface area contributed by atoms with Crippen molar-refractivity contribution in [1.29, 1.82) is 0 Å². The Bertz CT molecular complexity index is 1000. The minimum absolute atomic E-state index is 0.0165. The van der Waals surface area contributed by atoms with Gasteiger partial charge in [0.25, 0.3) is 12.3 Å². The number of carbonyl (C=O) groups excluding carboxylic acids is 1. The van der Waals surface area contributed by atoms with Crippen molar-refractivity contribution in [3.63, 3.8) is 0 Å². The summed E-state index contributed by atoms with van der Waals surface area (Å²) in [5.74, 6) is -0.523. The lowest BCUT2D eigenvalue weighted by atomic mass is 10.2. The first-order chi connectivity index (χ1) is 11.6. The van der Waals surface area contributed by atoms with Crippen LogP contribution < -0.4 is 5.43 Å². The number of nitrogens with zero attached hydrogens (tertiary/aromatic N) is 2. The Hall–Kier alpha value is -2.80. The van der Waals surface area contributed by atoms with Crippen molar-refractivity contribution < 1.29 is 13.6 Å². The summed E-state index contributed by atoms with van der Waals surface area (Å²) in [6, 6.07) is 15.3. The summed E-state index contributed by atoms with van der Waals surface area (Å²) in [5.41, 5.74) is 4.40. The molecule has 2 aromatic carbocycles. The number of aromatic nitrogens is 2. The summed E-state index contributed by atoms with van der Waals surface area (Å²) in [6.45, 7) is 0. The summed E-state index contributed by atoms with van der Waals surface area (Å²) in [5, 5.41) is 2.98. The van der Waals surface area contributed by atoms with Crippen molar-refractivity contribution in [2.75, 3.05) is 5.43 Å². The fourth-order valence-corrected chi connectivity index (χ4v) is 3.34. The molecule has 4 nitrogen and oxygen atoms in total. The summed E-state index contributed by atoms with van der Waals surface area (Å²) >= 11 is 0.775. The number of amides is 1. The molecular weight excluding hydrogens is 332 g/mol. The van der Waals surface area contributed by atoms with E-state index in [-0.39, 0.29) is 10.7 Å². The van der Waals surface area contributed by atoms with E-state index in [1.807, 2.05) is 48.5 Å². The number of thiazole rings is 1. The van der Waals surface area contributed by atoms with Crippen molar-refractivity contribution in [3.8, 4) is 0 Å². The minimum atomic E-state index is -2.68.